The number of aryl methyl sites for hydroxylation is 1. The Balaban J connectivity index is 1.93. The summed E-state index contributed by atoms with van der Waals surface area (Å²) in [6.45, 7) is 1.73. The number of nitro benzene ring substituents is 1. The monoisotopic (exact) mass is 340 g/mol. The number of halogens is 1. The smallest absolute Gasteiger partial charge is 0.294 e. The van der Waals surface area contributed by atoms with Gasteiger partial charge in [0, 0.05) is 24.0 Å². The quantitative estimate of drug-likeness (QED) is 0.581. The highest BCUT2D eigenvalue weighted by molar-refractivity contribution is 6.05. The number of carbonyl (C=O) groups excluding carboxylic acids is 1. The molecule has 0 saturated heterocycles. The molecule has 0 fully saturated rings. The van der Waals surface area contributed by atoms with Crippen LogP contribution in [-0.2, 0) is 0 Å². The van der Waals surface area contributed by atoms with Crippen molar-refractivity contribution in [3.63, 3.8) is 0 Å². The number of rotatable bonds is 4. The van der Waals surface area contributed by atoms with E-state index in [1.807, 2.05) is 0 Å². The average molecular weight is 340 g/mol. The molecule has 25 heavy (non-hydrogen) atoms. The lowest BCUT2D eigenvalue weighted by atomic mass is 10.1. The predicted octanol–water partition coefficient (Wildman–Crippen LogP) is 3.48. The maximum atomic E-state index is 13.9. The third-order valence-electron chi connectivity index (χ3n) is 3.59. The van der Waals surface area contributed by atoms with E-state index in [0.717, 1.165) is 11.6 Å². The van der Waals surface area contributed by atoms with Gasteiger partial charge in [-0.05, 0) is 36.8 Å². The van der Waals surface area contributed by atoms with Gasteiger partial charge in [0.1, 0.15) is 11.5 Å². The normalized spacial score (nSPS) is 10.5. The number of anilines is 1. The molecule has 0 aliphatic heterocycles. The largest absolute Gasteiger partial charge is 0.319 e. The zero-order valence-electron chi connectivity index (χ0n) is 13.1. The molecule has 1 N–H and O–H groups in total. The molecule has 1 amide bonds. The van der Waals surface area contributed by atoms with E-state index in [4.69, 9.17) is 0 Å². The van der Waals surface area contributed by atoms with Crippen molar-refractivity contribution in [1.82, 2.24) is 9.55 Å². The van der Waals surface area contributed by atoms with Crippen LogP contribution in [0, 0.1) is 22.9 Å². The highest BCUT2D eigenvalue weighted by Gasteiger charge is 2.19. The van der Waals surface area contributed by atoms with Crippen LogP contribution in [0.25, 0.3) is 5.69 Å². The van der Waals surface area contributed by atoms with Gasteiger partial charge in [-0.15, -0.1) is 0 Å². The van der Waals surface area contributed by atoms with Crippen LogP contribution in [0.15, 0.2) is 55.1 Å². The lowest BCUT2D eigenvalue weighted by Crippen LogP contribution is -2.14. The lowest BCUT2D eigenvalue weighted by molar-refractivity contribution is -0.384. The Bertz CT molecular complexity index is 955. The van der Waals surface area contributed by atoms with Gasteiger partial charge in [0.15, 0.2) is 0 Å². The molecule has 0 radical (unpaired) electrons. The fourth-order valence-electron chi connectivity index (χ4n) is 2.35. The minimum absolute atomic E-state index is 0.0111. The SMILES string of the molecule is Cc1ccc(NC(=O)c2ccc(-n3ccnc3)c([N+](=O)[O-])c2)c(F)c1. The summed E-state index contributed by atoms with van der Waals surface area (Å²) in [6, 6.07) is 8.42. The fraction of sp³-hybridized carbons (Fsp3) is 0.0588. The Morgan fingerprint density at radius 3 is 2.72 bits per heavy atom. The van der Waals surface area contributed by atoms with Crippen LogP contribution in [0.3, 0.4) is 0 Å². The third kappa shape index (κ3) is 3.37. The van der Waals surface area contributed by atoms with Gasteiger partial charge in [0.25, 0.3) is 11.6 Å². The van der Waals surface area contributed by atoms with E-state index in [9.17, 15) is 19.3 Å². The second-order valence-electron chi connectivity index (χ2n) is 5.37. The van der Waals surface area contributed by atoms with E-state index in [1.165, 1.54) is 41.4 Å². The number of nitrogens with zero attached hydrogens (tertiary/aromatic N) is 3. The lowest BCUT2D eigenvalue weighted by Gasteiger charge is -2.09. The number of benzene rings is 2. The Morgan fingerprint density at radius 1 is 1.28 bits per heavy atom. The standard InChI is InChI=1S/C17H13FN4O3/c1-11-2-4-14(13(18)8-11)20-17(23)12-3-5-15(16(9-12)22(24)25)21-7-6-19-10-21/h2-10H,1H3,(H,20,23). The summed E-state index contributed by atoms with van der Waals surface area (Å²) in [7, 11) is 0. The van der Waals surface area contributed by atoms with Crippen molar-refractivity contribution in [2.75, 3.05) is 5.32 Å². The van der Waals surface area contributed by atoms with E-state index >= 15 is 0 Å². The summed E-state index contributed by atoms with van der Waals surface area (Å²) in [5, 5.41) is 13.7. The van der Waals surface area contributed by atoms with Crippen LogP contribution >= 0.6 is 0 Å². The molecule has 126 valence electrons. The van der Waals surface area contributed by atoms with Crippen molar-refractivity contribution < 1.29 is 14.1 Å². The molecule has 3 rings (SSSR count). The minimum atomic E-state index is -0.636. The summed E-state index contributed by atoms with van der Waals surface area (Å²) in [4.78, 5) is 26.9. The summed E-state index contributed by atoms with van der Waals surface area (Å²) >= 11 is 0. The van der Waals surface area contributed by atoms with Gasteiger partial charge in [-0.25, -0.2) is 9.37 Å². The number of hydrogen-bond acceptors (Lipinski definition) is 4. The maximum absolute atomic E-state index is 13.9. The van der Waals surface area contributed by atoms with Gasteiger partial charge in [-0.2, -0.15) is 0 Å². The first-order valence-corrected chi connectivity index (χ1v) is 7.30. The van der Waals surface area contributed by atoms with Crippen molar-refractivity contribution in [2.45, 2.75) is 6.92 Å². The molecular weight excluding hydrogens is 327 g/mol. The molecule has 3 aromatic rings. The number of nitro groups is 1. The van der Waals surface area contributed by atoms with E-state index in [0.29, 0.717) is 0 Å². The Kier molecular flexibility index (Phi) is 4.25. The van der Waals surface area contributed by atoms with Crippen LogP contribution in [0.2, 0.25) is 0 Å². The molecule has 8 heteroatoms. The molecule has 0 saturated carbocycles. The summed E-state index contributed by atoms with van der Waals surface area (Å²) < 4.78 is 15.3. The molecule has 0 bridgehead atoms. The second kappa shape index (κ2) is 6.52. The molecule has 1 heterocycles. The van der Waals surface area contributed by atoms with Crippen LogP contribution in [-0.4, -0.2) is 20.4 Å². The molecule has 0 unspecified atom stereocenters. The number of amides is 1. The first-order valence-electron chi connectivity index (χ1n) is 7.30. The summed E-state index contributed by atoms with van der Waals surface area (Å²) in [5.41, 5.74) is 0.805. The number of imidazole rings is 1. The topological polar surface area (TPSA) is 90.1 Å². The van der Waals surface area contributed by atoms with Gasteiger partial charge in [-0.1, -0.05) is 6.07 Å². The van der Waals surface area contributed by atoms with E-state index in [2.05, 4.69) is 10.3 Å². The summed E-state index contributed by atoms with van der Waals surface area (Å²) in [5.74, 6) is -1.21. The van der Waals surface area contributed by atoms with Crippen molar-refractivity contribution in [3.05, 3.63) is 82.2 Å². The van der Waals surface area contributed by atoms with Crippen LogP contribution in [0.1, 0.15) is 15.9 Å². The zero-order valence-corrected chi connectivity index (χ0v) is 13.1. The number of nitrogens with one attached hydrogen (secondary N) is 1. The first kappa shape index (κ1) is 16.3. The summed E-state index contributed by atoms with van der Waals surface area (Å²) in [6.07, 6.45) is 4.47. The Morgan fingerprint density at radius 2 is 2.08 bits per heavy atom. The van der Waals surface area contributed by atoms with Crippen molar-refractivity contribution in [2.24, 2.45) is 0 Å². The molecular formula is C17H13FN4O3. The fourth-order valence-corrected chi connectivity index (χ4v) is 2.35. The number of hydrogen-bond donors (Lipinski definition) is 1. The Hall–Kier alpha value is -3.55. The maximum Gasteiger partial charge on any atom is 0.294 e. The Labute approximate surface area is 141 Å². The van der Waals surface area contributed by atoms with Gasteiger partial charge >= 0.3 is 0 Å². The van der Waals surface area contributed by atoms with Crippen LogP contribution in [0.5, 0.6) is 0 Å². The van der Waals surface area contributed by atoms with Gasteiger partial charge in [0.05, 0.1) is 16.9 Å². The molecule has 2 aromatic carbocycles. The van der Waals surface area contributed by atoms with Gasteiger partial charge in [-0.3, -0.25) is 14.9 Å². The van der Waals surface area contributed by atoms with Gasteiger partial charge < -0.3 is 9.88 Å². The molecule has 0 aliphatic carbocycles. The highest BCUT2D eigenvalue weighted by atomic mass is 19.1. The second-order valence-corrected chi connectivity index (χ2v) is 5.37. The van der Waals surface area contributed by atoms with E-state index in [1.54, 1.807) is 19.2 Å². The third-order valence-corrected chi connectivity index (χ3v) is 3.59. The van der Waals surface area contributed by atoms with Crippen molar-refractivity contribution in [1.29, 1.82) is 0 Å². The highest BCUT2D eigenvalue weighted by Crippen LogP contribution is 2.25. The average Bonchev–Trinajstić information content (AvgIpc) is 3.11. The zero-order chi connectivity index (χ0) is 18.0. The minimum Gasteiger partial charge on any atom is -0.319 e. The molecule has 0 aliphatic rings. The molecule has 0 spiro atoms. The van der Waals surface area contributed by atoms with Crippen molar-refractivity contribution in [3.8, 4) is 5.69 Å². The number of carbonyl (C=O) groups is 1. The van der Waals surface area contributed by atoms with Crippen LogP contribution in [0.4, 0.5) is 15.8 Å². The predicted molar refractivity (Wildman–Crippen MR) is 89.3 cm³/mol. The van der Waals surface area contributed by atoms with E-state index in [-0.39, 0.29) is 22.6 Å². The molecule has 7 nitrogen and oxygen atoms in total. The molecule has 0 atom stereocenters. The van der Waals surface area contributed by atoms with Crippen LogP contribution < -0.4 is 5.32 Å². The molecule has 1 aromatic heterocycles. The van der Waals surface area contributed by atoms with Gasteiger partial charge in [0.2, 0.25) is 0 Å². The van der Waals surface area contributed by atoms with Crippen molar-refractivity contribution >= 4 is 17.3 Å². The first-order chi connectivity index (χ1) is 12.0. The number of aromatic nitrogens is 2. The van der Waals surface area contributed by atoms with E-state index < -0.39 is 16.6 Å².